The lowest BCUT2D eigenvalue weighted by Gasteiger charge is -2.33. The molecule has 1 saturated carbocycles. The molecule has 0 unspecified atom stereocenters. The van der Waals surface area contributed by atoms with Crippen LogP contribution >= 0.6 is 0 Å². The van der Waals surface area contributed by atoms with Gasteiger partial charge >= 0.3 is 5.97 Å². The van der Waals surface area contributed by atoms with Gasteiger partial charge in [-0.05, 0) is 25.9 Å². The summed E-state index contributed by atoms with van der Waals surface area (Å²) in [4.78, 5) is 13.8. The Morgan fingerprint density at radius 3 is 2.00 bits per heavy atom. The molecule has 0 atom stereocenters. The highest BCUT2D eigenvalue weighted by Crippen LogP contribution is 2.36. The van der Waals surface area contributed by atoms with E-state index in [0.29, 0.717) is 0 Å². The molecule has 0 aromatic carbocycles. The van der Waals surface area contributed by atoms with Gasteiger partial charge in [-0.2, -0.15) is 0 Å². The lowest BCUT2D eigenvalue weighted by Crippen LogP contribution is -2.43. The van der Waals surface area contributed by atoms with Gasteiger partial charge in [0.05, 0.1) is 5.41 Å². The van der Waals surface area contributed by atoms with E-state index in [0.717, 1.165) is 45.3 Å². The van der Waals surface area contributed by atoms with Crippen LogP contribution in [0.4, 0.5) is 0 Å². The van der Waals surface area contributed by atoms with Gasteiger partial charge in [-0.3, -0.25) is 4.79 Å². The molecular formula is C13H25NO2. The Morgan fingerprint density at radius 2 is 1.62 bits per heavy atom. The molecule has 0 aromatic heterocycles. The molecular weight excluding hydrogens is 202 g/mol. The number of carbonyl (C=O) groups is 1. The van der Waals surface area contributed by atoms with Gasteiger partial charge in [0, 0.05) is 6.54 Å². The van der Waals surface area contributed by atoms with Crippen LogP contribution in [0.5, 0.6) is 0 Å². The Labute approximate surface area is 98.8 Å². The lowest BCUT2D eigenvalue weighted by atomic mass is 9.80. The van der Waals surface area contributed by atoms with Crippen LogP contribution in [0.15, 0.2) is 0 Å². The van der Waals surface area contributed by atoms with Crippen molar-refractivity contribution in [2.24, 2.45) is 5.41 Å². The van der Waals surface area contributed by atoms with Crippen molar-refractivity contribution in [1.29, 1.82) is 0 Å². The quantitative estimate of drug-likeness (QED) is 0.734. The van der Waals surface area contributed by atoms with E-state index in [2.05, 4.69) is 18.7 Å². The maximum atomic E-state index is 11.6. The standard InChI is InChI=1S/C13H25NO2/c1-3-14(4-2)11-13(12(15)16)9-7-5-6-8-10-13/h3-11H2,1-2H3,(H,15,16). The third-order valence-corrected chi connectivity index (χ3v) is 3.94. The highest BCUT2D eigenvalue weighted by atomic mass is 16.4. The van der Waals surface area contributed by atoms with E-state index >= 15 is 0 Å². The molecule has 3 heteroatoms. The summed E-state index contributed by atoms with van der Waals surface area (Å²) in [7, 11) is 0. The molecule has 0 bridgehead atoms. The van der Waals surface area contributed by atoms with Crippen LogP contribution in [0, 0.1) is 5.41 Å². The molecule has 1 fully saturated rings. The highest BCUT2D eigenvalue weighted by Gasteiger charge is 2.39. The van der Waals surface area contributed by atoms with Crippen molar-refractivity contribution < 1.29 is 9.90 Å². The lowest BCUT2D eigenvalue weighted by molar-refractivity contribution is -0.151. The highest BCUT2D eigenvalue weighted by molar-refractivity contribution is 5.75. The number of aliphatic carboxylic acids is 1. The van der Waals surface area contributed by atoms with E-state index in [1.54, 1.807) is 0 Å². The largest absolute Gasteiger partial charge is 0.481 e. The van der Waals surface area contributed by atoms with Crippen molar-refractivity contribution in [3.63, 3.8) is 0 Å². The smallest absolute Gasteiger partial charge is 0.310 e. The van der Waals surface area contributed by atoms with Crippen LogP contribution in [-0.4, -0.2) is 35.6 Å². The second-order valence-electron chi connectivity index (χ2n) is 4.96. The van der Waals surface area contributed by atoms with E-state index < -0.39 is 11.4 Å². The van der Waals surface area contributed by atoms with Crippen molar-refractivity contribution in [2.45, 2.75) is 52.4 Å². The number of carboxylic acid groups (broad SMARTS) is 1. The third-order valence-electron chi connectivity index (χ3n) is 3.94. The fourth-order valence-corrected chi connectivity index (χ4v) is 2.72. The summed E-state index contributed by atoms with van der Waals surface area (Å²) >= 11 is 0. The maximum absolute atomic E-state index is 11.6. The van der Waals surface area contributed by atoms with Crippen molar-refractivity contribution >= 4 is 5.97 Å². The summed E-state index contributed by atoms with van der Waals surface area (Å²) in [6, 6.07) is 0. The summed E-state index contributed by atoms with van der Waals surface area (Å²) in [6.07, 6.45) is 6.28. The van der Waals surface area contributed by atoms with Crippen LogP contribution in [0.2, 0.25) is 0 Å². The fraction of sp³-hybridized carbons (Fsp3) is 0.923. The SMILES string of the molecule is CCN(CC)CC1(C(=O)O)CCCCCC1. The monoisotopic (exact) mass is 227 g/mol. The molecule has 1 aliphatic carbocycles. The first kappa shape index (κ1) is 13.5. The fourth-order valence-electron chi connectivity index (χ4n) is 2.72. The zero-order chi connectivity index (χ0) is 12.0. The number of carboxylic acids is 1. The third kappa shape index (κ3) is 3.21. The molecule has 0 heterocycles. The predicted octanol–water partition coefficient (Wildman–Crippen LogP) is 2.75. The van der Waals surface area contributed by atoms with Gasteiger partial charge in [0.1, 0.15) is 0 Å². The van der Waals surface area contributed by atoms with Gasteiger partial charge in [-0.25, -0.2) is 0 Å². The Hall–Kier alpha value is -0.570. The average molecular weight is 227 g/mol. The Morgan fingerprint density at radius 1 is 1.12 bits per heavy atom. The summed E-state index contributed by atoms with van der Waals surface area (Å²) in [5.74, 6) is -0.582. The number of hydrogen-bond acceptors (Lipinski definition) is 2. The minimum atomic E-state index is -0.582. The van der Waals surface area contributed by atoms with E-state index in [-0.39, 0.29) is 0 Å². The topological polar surface area (TPSA) is 40.5 Å². The molecule has 1 aliphatic rings. The van der Waals surface area contributed by atoms with Gasteiger partial charge in [-0.15, -0.1) is 0 Å². The molecule has 0 radical (unpaired) electrons. The average Bonchev–Trinajstić information content (AvgIpc) is 2.52. The van der Waals surface area contributed by atoms with Gasteiger partial charge in [0.2, 0.25) is 0 Å². The zero-order valence-corrected chi connectivity index (χ0v) is 10.7. The molecule has 0 spiro atoms. The molecule has 3 nitrogen and oxygen atoms in total. The van der Waals surface area contributed by atoms with Gasteiger partial charge in [-0.1, -0.05) is 39.5 Å². The van der Waals surface area contributed by atoms with Gasteiger partial charge < -0.3 is 10.0 Å². The first-order valence-electron chi connectivity index (χ1n) is 6.60. The summed E-state index contributed by atoms with van der Waals surface area (Å²) in [5, 5.41) is 9.53. The van der Waals surface area contributed by atoms with E-state index in [4.69, 9.17) is 0 Å². The zero-order valence-electron chi connectivity index (χ0n) is 10.7. The molecule has 16 heavy (non-hydrogen) atoms. The molecule has 0 aliphatic heterocycles. The molecule has 0 amide bonds. The number of hydrogen-bond donors (Lipinski definition) is 1. The first-order chi connectivity index (χ1) is 7.64. The van der Waals surface area contributed by atoms with Gasteiger partial charge in [0.25, 0.3) is 0 Å². The van der Waals surface area contributed by atoms with E-state index in [9.17, 15) is 9.90 Å². The van der Waals surface area contributed by atoms with Crippen LogP contribution < -0.4 is 0 Å². The number of nitrogens with zero attached hydrogens (tertiary/aromatic N) is 1. The Bertz CT molecular complexity index is 216. The van der Waals surface area contributed by atoms with Crippen LogP contribution in [0.1, 0.15) is 52.4 Å². The minimum absolute atomic E-state index is 0.470. The maximum Gasteiger partial charge on any atom is 0.310 e. The first-order valence-corrected chi connectivity index (χ1v) is 6.60. The minimum Gasteiger partial charge on any atom is -0.481 e. The van der Waals surface area contributed by atoms with E-state index in [1.165, 1.54) is 12.8 Å². The van der Waals surface area contributed by atoms with Crippen molar-refractivity contribution in [3.8, 4) is 0 Å². The molecule has 0 saturated heterocycles. The predicted molar refractivity (Wildman–Crippen MR) is 65.6 cm³/mol. The Balaban J connectivity index is 2.73. The molecule has 1 N–H and O–H groups in total. The molecule has 0 aromatic rings. The molecule has 94 valence electrons. The van der Waals surface area contributed by atoms with E-state index in [1.807, 2.05) is 0 Å². The molecule has 1 rings (SSSR count). The number of rotatable bonds is 5. The second-order valence-corrected chi connectivity index (χ2v) is 4.96. The van der Waals surface area contributed by atoms with Crippen LogP contribution in [0.3, 0.4) is 0 Å². The second kappa shape index (κ2) is 6.24. The van der Waals surface area contributed by atoms with Crippen molar-refractivity contribution in [3.05, 3.63) is 0 Å². The van der Waals surface area contributed by atoms with Crippen LogP contribution in [-0.2, 0) is 4.79 Å². The van der Waals surface area contributed by atoms with Crippen LogP contribution in [0.25, 0.3) is 0 Å². The normalized spacial score (nSPS) is 20.7. The van der Waals surface area contributed by atoms with Crippen molar-refractivity contribution in [2.75, 3.05) is 19.6 Å². The van der Waals surface area contributed by atoms with Gasteiger partial charge in [0.15, 0.2) is 0 Å². The van der Waals surface area contributed by atoms with Crippen molar-refractivity contribution in [1.82, 2.24) is 4.90 Å². The summed E-state index contributed by atoms with van der Waals surface area (Å²) in [6.45, 7) is 6.85. The Kier molecular flexibility index (Phi) is 5.26. The summed E-state index contributed by atoms with van der Waals surface area (Å²) in [5.41, 5.74) is -0.470. The summed E-state index contributed by atoms with van der Waals surface area (Å²) < 4.78 is 0.